The van der Waals surface area contributed by atoms with Gasteiger partial charge in [0.2, 0.25) is 0 Å². The lowest BCUT2D eigenvalue weighted by atomic mass is 10.1. The maximum absolute atomic E-state index is 11.3. The second-order valence-electron chi connectivity index (χ2n) is 4.24. The third kappa shape index (κ3) is 6.40. The smallest absolute Gasteiger partial charge is 0.411 e. The van der Waals surface area contributed by atoms with Gasteiger partial charge in [-0.05, 0) is 17.9 Å². The lowest BCUT2D eigenvalue weighted by Gasteiger charge is -2.04. The standard InChI is InChI=1S/C14H19NO2/c1-12(2)7-6-10-15-14(16)17-11-13-8-4-3-5-9-13/h3-6,8-10,12H,7,11H2,1-2H3,(H,15,16)/b10-6-. The molecule has 0 saturated carbocycles. The van der Waals surface area contributed by atoms with Gasteiger partial charge in [-0.2, -0.15) is 0 Å². The van der Waals surface area contributed by atoms with Crippen molar-refractivity contribution in [3.63, 3.8) is 0 Å². The van der Waals surface area contributed by atoms with Crippen LogP contribution in [0.25, 0.3) is 0 Å². The molecule has 0 bridgehead atoms. The molecule has 17 heavy (non-hydrogen) atoms. The van der Waals surface area contributed by atoms with Crippen LogP contribution in [0, 0.1) is 5.92 Å². The topological polar surface area (TPSA) is 38.3 Å². The SMILES string of the molecule is CC(C)C/C=C\NC(=O)OCc1ccccc1. The molecular weight excluding hydrogens is 214 g/mol. The van der Waals surface area contributed by atoms with Crippen LogP contribution >= 0.6 is 0 Å². The fraction of sp³-hybridized carbons (Fsp3) is 0.357. The molecule has 1 aromatic carbocycles. The molecule has 0 saturated heterocycles. The Morgan fingerprint density at radius 3 is 2.71 bits per heavy atom. The fourth-order valence-corrected chi connectivity index (χ4v) is 1.23. The Labute approximate surface area is 102 Å². The lowest BCUT2D eigenvalue weighted by molar-refractivity contribution is 0.143. The molecule has 0 aliphatic carbocycles. The Morgan fingerprint density at radius 1 is 1.35 bits per heavy atom. The predicted octanol–water partition coefficient (Wildman–Crippen LogP) is 3.47. The van der Waals surface area contributed by atoms with E-state index in [1.54, 1.807) is 6.20 Å². The average molecular weight is 233 g/mol. The number of hydrogen-bond acceptors (Lipinski definition) is 2. The Hall–Kier alpha value is -1.77. The number of carbonyl (C=O) groups is 1. The molecule has 0 radical (unpaired) electrons. The van der Waals surface area contributed by atoms with Crippen LogP contribution in [0.5, 0.6) is 0 Å². The molecule has 3 nitrogen and oxygen atoms in total. The quantitative estimate of drug-likeness (QED) is 0.845. The normalized spacial score (nSPS) is 10.8. The second-order valence-corrected chi connectivity index (χ2v) is 4.24. The Kier molecular flexibility index (Phi) is 5.86. The molecule has 1 rings (SSSR count). The van der Waals surface area contributed by atoms with Crippen LogP contribution < -0.4 is 5.32 Å². The number of carbonyl (C=O) groups excluding carboxylic acids is 1. The number of ether oxygens (including phenoxy) is 1. The summed E-state index contributed by atoms with van der Waals surface area (Å²) < 4.78 is 5.03. The maximum atomic E-state index is 11.3. The summed E-state index contributed by atoms with van der Waals surface area (Å²) >= 11 is 0. The summed E-state index contributed by atoms with van der Waals surface area (Å²) in [5.41, 5.74) is 0.980. The summed E-state index contributed by atoms with van der Waals surface area (Å²) in [6.07, 6.45) is 4.08. The van der Waals surface area contributed by atoms with Crippen molar-refractivity contribution < 1.29 is 9.53 Å². The van der Waals surface area contributed by atoms with Gasteiger partial charge in [0.15, 0.2) is 0 Å². The van der Waals surface area contributed by atoms with E-state index in [1.807, 2.05) is 36.4 Å². The van der Waals surface area contributed by atoms with Crippen molar-refractivity contribution in [2.24, 2.45) is 5.92 Å². The summed E-state index contributed by atoms with van der Waals surface area (Å²) in [6, 6.07) is 9.60. The van der Waals surface area contributed by atoms with Gasteiger partial charge in [0, 0.05) is 6.20 Å². The second kappa shape index (κ2) is 7.49. The summed E-state index contributed by atoms with van der Waals surface area (Å²) in [5.74, 6) is 0.591. The largest absolute Gasteiger partial charge is 0.444 e. The first-order chi connectivity index (χ1) is 8.18. The monoisotopic (exact) mass is 233 g/mol. The molecule has 0 spiro atoms. The number of benzene rings is 1. The van der Waals surface area contributed by atoms with E-state index in [2.05, 4.69) is 19.2 Å². The minimum atomic E-state index is -0.422. The number of alkyl carbamates (subject to hydrolysis) is 1. The van der Waals surface area contributed by atoms with Crippen molar-refractivity contribution in [3.05, 3.63) is 48.2 Å². The molecular formula is C14H19NO2. The first-order valence-corrected chi connectivity index (χ1v) is 5.80. The van der Waals surface area contributed by atoms with Crippen LogP contribution in [0.4, 0.5) is 4.79 Å². The van der Waals surface area contributed by atoms with Crippen LogP contribution in [0.15, 0.2) is 42.6 Å². The molecule has 92 valence electrons. The van der Waals surface area contributed by atoms with Gasteiger partial charge in [0.25, 0.3) is 0 Å². The fourth-order valence-electron chi connectivity index (χ4n) is 1.23. The predicted molar refractivity (Wildman–Crippen MR) is 68.4 cm³/mol. The van der Waals surface area contributed by atoms with E-state index >= 15 is 0 Å². The first kappa shape index (κ1) is 13.3. The number of amides is 1. The van der Waals surface area contributed by atoms with Crippen LogP contribution in [0.2, 0.25) is 0 Å². The van der Waals surface area contributed by atoms with E-state index in [9.17, 15) is 4.79 Å². The third-order valence-electron chi connectivity index (χ3n) is 2.14. The van der Waals surface area contributed by atoms with E-state index in [1.165, 1.54) is 0 Å². The van der Waals surface area contributed by atoms with Gasteiger partial charge in [0.1, 0.15) is 6.61 Å². The van der Waals surface area contributed by atoms with E-state index < -0.39 is 6.09 Å². The summed E-state index contributed by atoms with van der Waals surface area (Å²) in [6.45, 7) is 4.54. The molecule has 0 atom stereocenters. The van der Waals surface area contributed by atoms with Crippen molar-refractivity contribution >= 4 is 6.09 Å². The number of allylic oxidation sites excluding steroid dienone is 1. The van der Waals surface area contributed by atoms with Crippen LogP contribution in [-0.4, -0.2) is 6.09 Å². The van der Waals surface area contributed by atoms with Gasteiger partial charge in [-0.15, -0.1) is 0 Å². The molecule has 1 N–H and O–H groups in total. The zero-order valence-electron chi connectivity index (χ0n) is 10.3. The van der Waals surface area contributed by atoms with Gasteiger partial charge < -0.3 is 4.74 Å². The lowest BCUT2D eigenvalue weighted by Crippen LogP contribution is -2.18. The Balaban J connectivity index is 2.20. The highest BCUT2D eigenvalue weighted by Gasteiger charge is 1.99. The number of nitrogens with one attached hydrogen (secondary N) is 1. The molecule has 1 aromatic rings. The highest BCUT2D eigenvalue weighted by molar-refractivity contribution is 5.68. The van der Waals surface area contributed by atoms with Gasteiger partial charge in [-0.1, -0.05) is 50.3 Å². The molecule has 0 aliphatic rings. The number of rotatable bonds is 5. The molecule has 0 unspecified atom stereocenters. The summed E-state index contributed by atoms with van der Waals surface area (Å²) in [5, 5.41) is 2.57. The minimum Gasteiger partial charge on any atom is -0.444 e. The Bertz CT molecular complexity index is 358. The van der Waals surface area contributed by atoms with Gasteiger partial charge >= 0.3 is 6.09 Å². The van der Waals surface area contributed by atoms with E-state index in [0.29, 0.717) is 12.5 Å². The zero-order chi connectivity index (χ0) is 12.5. The molecule has 0 heterocycles. The van der Waals surface area contributed by atoms with Gasteiger partial charge in [0.05, 0.1) is 0 Å². The highest BCUT2D eigenvalue weighted by Crippen LogP contribution is 2.01. The maximum Gasteiger partial charge on any atom is 0.411 e. The Morgan fingerprint density at radius 2 is 2.06 bits per heavy atom. The van der Waals surface area contributed by atoms with Crippen molar-refractivity contribution in [2.45, 2.75) is 26.9 Å². The van der Waals surface area contributed by atoms with Crippen LogP contribution in [0.3, 0.4) is 0 Å². The van der Waals surface area contributed by atoms with Gasteiger partial charge in [-0.25, -0.2) is 4.79 Å². The first-order valence-electron chi connectivity index (χ1n) is 5.80. The molecule has 1 amide bonds. The highest BCUT2D eigenvalue weighted by atomic mass is 16.5. The van der Waals surface area contributed by atoms with E-state index in [-0.39, 0.29) is 0 Å². The van der Waals surface area contributed by atoms with Gasteiger partial charge in [-0.3, -0.25) is 5.32 Å². The van der Waals surface area contributed by atoms with Crippen LogP contribution in [0.1, 0.15) is 25.8 Å². The average Bonchev–Trinajstić information content (AvgIpc) is 2.33. The van der Waals surface area contributed by atoms with Crippen LogP contribution in [-0.2, 0) is 11.3 Å². The molecule has 0 aliphatic heterocycles. The van der Waals surface area contributed by atoms with E-state index in [4.69, 9.17) is 4.74 Å². The molecule has 0 aromatic heterocycles. The van der Waals surface area contributed by atoms with Crippen molar-refractivity contribution in [1.82, 2.24) is 5.32 Å². The van der Waals surface area contributed by atoms with E-state index in [0.717, 1.165) is 12.0 Å². The summed E-state index contributed by atoms with van der Waals surface area (Å²) in [7, 11) is 0. The third-order valence-corrected chi connectivity index (χ3v) is 2.14. The molecule has 3 heteroatoms. The zero-order valence-corrected chi connectivity index (χ0v) is 10.3. The molecule has 0 fully saturated rings. The van der Waals surface area contributed by atoms with Crippen molar-refractivity contribution in [3.8, 4) is 0 Å². The van der Waals surface area contributed by atoms with Crippen molar-refractivity contribution in [1.29, 1.82) is 0 Å². The number of hydrogen-bond donors (Lipinski definition) is 1. The van der Waals surface area contributed by atoms with Crippen molar-refractivity contribution in [2.75, 3.05) is 0 Å². The minimum absolute atomic E-state index is 0.296. The summed E-state index contributed by atoms with van der Waals surface area (Å²) in [4.78, 5) is 11.3.